The number of carbonyl (C=O) groups is 2. The highest BCUT2D eigenvalue weighted by Crippen LogP contribution is 2.22. The molecule has 4 N–H and O–H groups in total. The SMILES string of the molecule is CCNC(=O)C(C)(C(=O)OCc1ccccc1)C(N)O. The first-order chi connectivity index (χ1) is 9.42. The number of esters is 1. The number of ether oxygens (including phenoxy) is 1. The lowest BCUT2D eigenvalue weighted by atomic mass is 9.87. The van der Waals surface area contributed by atoms with Crippen LogP contribution in [0.25, 0.3) is 0 Å². The molecule has 0 bridgehead atoms. The lowest BCUT2D eigenvalue weighted by molar-refractivity contribution is -0.168. The van der Waals surface area contributed by atoms with Gasteiger partial charge in [0.05, 0.1) is 0 Å². The van der Waals surface area contributed by atoms with Crippen molar-refractivity contribution in [1.82, 2.24) is 5.32 Å². The number of nitrogens with one attached hydrogen (secondary N) is 1. The average molecular weight is 280 g/mol. The first-order valence-corrected chi connectivity index (χ1v) is 6.36. The molecule has 0 aliphatic heterocycles. The lowest BCUT2D eigenvalue weighted by Crippen LogP contribution is -2.55. The molecule has 0 fully saturated rings. The largest absolute Gasteiger partial charge is 0.460 e. The van der Waals surface area contributed by atoms with Gasteiger partial charge in [-0.15, -0.1) is 0 Å². The van der Waals surface area contributed by atoms with E-state index in [1.807, 2.05) is 18.2 Å². The number of benzene rings is 1. The maximum absolute atomic E-state index is 12.1. The molecule has 2 unspecified atom stereocenters. The Balaban J connectivity index is 2.77. The third-order valence-electron chi connectivity index (χ3n) is 3.04. The fourth-order valence-electron chi connectivity index (χ4n) is 1.56. The van der Waals surface area contributed by atoms with Crippen LogP contribution in [0.1, 0.15) is 19.4 Å². The number of hydrogen-bond acceptors (Lipinski definition) is 5. The van der Waals surface area contributed by atoms with Crippen molar-refractivity contribution in [3.05, 3.63) is 35.9 Å². The van der Waals surface area contributed by atoms with E-state index >= 15 is 0 Å². The Labute approximate surface area is 117 Å². The fraction of sp³-hybridized carbons (Fsp3) is 0.429. The van der Waals surface area contributed by atoms with Crippen LogP contribution in [-0.2, 0) is 20.9 Å². The normalized spacial score (nSPS) is 15.0. The molecule has 0 aliphatic carbocycles. The minimum absolute atomic E-state index is 0.0153. The van der Waals surface area contributed by atoms with E-state index in [1.165, 1.54) is 6.92 Å². The summed E-state index contributed by atoms with van der Waals surface area (Å²) >= 11 is 0. The molecule has 6 nitrogen and oxygen atoms in total. The van der Waals surface area contributed by atoms with Crippen molar-refractivity contribution in [3.63, 3.8) is 0 Å². The van der Waals surface area contributed by atoms with E-state index in [2.05, 4.69) is 5.32 Å². The summed E-state index contributed by atoms with van der Waals surface area (Å²) in [5.74, 6) is -1.52. The summed E-state index contributed by atoms with van der Waals surface area (Å²) in [4.78, 5) is 24.0. The highest BCUT2D eigenvalue weighted by atomic mass is 16.5. The Bertz CT molecular complexity index is 462. The van der Waals surface area contributed by atoms with Gasteiger partial charge in [-0.05, 0) is 19.4 Å². The molecule has 0 aliphatic rings. The summed E-state index contributed by atoms with van der Waals surface area (Å²) in [5, 5.41) is 12.0. The van der Waals surface area contributed by atoms with E-state index < -0.39 is 23.5 Å². The number of nitrogens with two attached hydrogens (primary N) is 1. The van der Waals surface area contributed by atoms with Crippen LogP contribution in [0.2, 0.25) is 0 Å². The van der Waals surface area contributed by atoms with E-state index in [9.17, 15) is 14.7 Å². The molecule has 0 saturated heterocycles. The quantitative estimate of drug-likeness (QED) is 0.391. The van der Waals surface area contributed by atoms with Crippen molar-refractivity contribution in [2.24, 2.45) is 11.1 Å². The molecule has 110 valence electrons. The molecular formula is C14H20N2O4. The Kier molecular flexibility index (Phi) is 5.66. The number of amides is 1. The van der Waals surface area contributed by atoms with Crippen LogP contribution in [0.5, 0.6) is 0 Å². The maximum atomic E-state index is 12.1. The van der Waals surface area contributed by atoms with Crippen LogP contribution < -0.4 is 11.1 Å². The number of hydrogen-bond donors (Lipinski definition) is 3. The molecule has 0 saturated carbocycles. The van der Waals surface area contributed by atoms with Crippen LogP contribution in [-0.4, -0.2) is 29.8 Å². The van der Waals surface area contributed by atoms with E-state index in [0.29, 0.717) is 6.54 Å². The number of carbonyl (C=O) groups excluding carboxylic acids is 2. The van der Waals surface area contributed by atoms with Crippen molar-refractivity contribution in [3.8, 4) is 0 Å². The first-order valence-electron chi connectivity index (χ1n) is 6.36. The number of aliphatic hydroxyl groups excluding tert-OH is 1. The second-order valence-corrected chi connectivity index (χ2v) is 4.57. The van der Waals surface area contributed by atoms with Gasteiger partial charge < -0.3 is 20.9 Å². The summed E-state index contributed by atoms with van der Waals surface area (Å²) in [5.41, 5.74) is 4.32. The molecule has 0 aromatic heterocycles. The van der Waals surface area contributed by atoms with Crippen molar-refractivity contribution >= 4 is 11.9 Å². The molecule has 1 aromatic carbocycles. The monoisotopic (exact) mass is 280 g/mol. The summed E-state index contributed by atoms with van der Waals surface area (Å²) in [6.07, 6.45) is -1.64. The van der Waals surface area contributed by atoms with E-state index in [4.69, 9.17) is 10.5 Å². The van der Waals surface area contributed by atoms with Gasteiger partial charge >= 0.3 is 5.97 Å². The van der Waals surface area contributed by atoms with Gasteiger partial charge in [0.15, 0.2) is 5.41 Å². The second-order valence-electron chi connectivity index (χ2n) is 4.57. The Morgan fingerprint density at radius 2 is 2.00 bits per heavy atom. The number of aliphatic hydroxyl groups is 1. The molecule has 0 heterocycles. The molecular weight excluding hydrogens is 260 g/mol. The number of rotatable bonds is 6. The first kappa shape index (κ1) is 16.1. The fourth-order valence-corrected chi connectivity index (χ4v) is 1.56. The smallest absolute Gasteiger partial charge is 0.325 e. The van der Waals surface area contributed by atoms with Crippen LogP contribution in [0.4, 0.5) is 0 Å². The summed E-state index contributed by atoms with van der Waals surface area (Å²) in [7, 11) is 0. The van der Waals surface area contributed by atoms with Crippen molar-refractivity contribution in [1.29, 1.82) is 0 Å². The topological polar surface area (TPSA) is 102 Å². The van der Waals surface area contributed by atoms with Gasteiger partial charge in [0, 0.05) is 6.54 Å². The summed E-state index contributed by atoms with van der Waals surface area (Å²) in [6, 6.07) is 9.03. The van der Waals surface area contributed by atoms with Crippen LogP contribution in [0, 0.1) is 5.41 Å². The van der Waals surface area contributed by atoms with Gasteiger partial charge in [0.1, 0.15) is 12.8 Å². The molecule has 1 aromatic rings. The molecule has 0 radical (unpaired) electrons. The summed E-state index contributed by atoms with van der Waals surface area (Å²) in [6.45, 7) is 3.31. The van der Waals surface area contributed by atoms with E-state index in [-0.39, 0.29) is 6.61 Å². The maximum Gasteiger partial charge on any atom is 0.325 e. The minimum Gasteiger partial charge on any atom is -0.460 e. The van der Waals surface area contributed by atoms with Crippen LogP contribution >= 0.6 is 0 Å². The summed E-state index contributed by atoms with van der Waals surface area (Å²) < 4.78 is 5.08. The molecule has 20 heavy (non-hydrogen) atoms. The van der Waals surface area contributed by atoms with Gasteiger partial charge in [-0.1, -0.05) is 30.3 Å². The van der Waals surface area contributed by atoms with Gasteiger partial charge in [-0.25, -0.2) is 0 Å². The third kappa shape index (κ3) is 3.55. The highest BCUT2D eigenvalue weighted by molar-refractivity contribution is 6.02. The van der Waals surface area contributed by atoms with Crippen LogP contribution in [0.15, 0.2) is 30.3 Å². The van der Waals surface area contributed by atoms with Crippen molar-refractivity contribution < 1.29 is 19.4 Å². The van der Waals surface area contributed by atoms with E-state index in [0.717, 1.165) is 5.56 Å². The second kappa shape index (κ2) is 7.02. The van der Waals surface area contributed by atoms with Crippen LogP contribution in [0.3, 0.4) is 0 Å². The predicted octanol–water partition coefficient (Wildman–Crippen LogP) is 0.149. The Morgan fingerprint density at radius 3 is 2.50 bits per heavy atom. The molecule has 2 atom stereocenters. The van der Waals surface area contributed by atoms with Gasteiger partial charge in [0.25, 0.3) is 0 Å². The molecule has 0 spiro atoms. The van der Waals surface area contributed by atoms with Gasteiger partial charge in [-0.2, -0.15) is 0 Å². The predicted molar refractivity (Wildman–Crippen MR) is 73.2 cm³/mol. The zero-order valence-electron chi connectivity index (χ0n) is 11.6. The zero-order chi connectivity index (χ0) is 15.2. The molecule has 1 amide bonds. The van der Waals surface area contributed by atoms with Crippen molar-refractivity contribution in [2.75, 3.05) is 6.54 Å². The molecule has 1 rings (SSSR count). The molecule has 6 heteroatoms. The standard InChI is InChI=1S/C14H20N2O4/c1-3-16-12(18)14(2,11(15)17)13(19)20-9-10-7-5-4-6-8-10/h4-8,11,17H,3,9,15H2,1-2H3,(H,16,18). The highest BCUT2D eigenvalue weighted by Gasteiger charge is 2.47. The Morgan fingerprint density at radius 1 is 1.40 bits per heavy atom. The third-order valence-corrected chi connectivity index (χ3v) is 3.04. The lowest BCUT2D eigenvalue weighted by Gasteiger charge is -2.28. The Hall–Kier alpha value is -1.92. The zero-order valence-corrected chi connectivity index (χ0v) is 11.6. The van der Waals surface area contributed by atoms with E-state index in [1.54, 1.807) is 19.1 Å². The van der Waals surface area contributed by atoms with Gasteiger partial charge in [0.2, 0.25) is 5.91 Å². The van der Waals surface area contributed by atoms with Crippen molar-refractivity contribution in [2.45, 2.75) is 26.7 Å². The van der Waals surface area contributed by atoms with Gasteiger partial charge in [-0.3, -0.25) is 9.59 Å². The average Bonchev–Trinajstić information content (AvgIpc) is 2.44. The minimum atomic E-state index is -1.83.